The van der Waals surface area contributed by atoms with Gasteiger partial charge in [-0.1, -0.05) is 30.3 Å². The lowest BCUT2D eigenvalue weighted by atomic mass is 10.1. The number of hydrogen-bond donors (Lipinski definition) is 1. The average Bonchev–Trinajstić information content (AvgIpc) is 3.09. The van der Waals surface area contributed by atoms with Crippen molar-refractivity contribution in [2.75, 3.05) is 12.5 Å². The Kier molecular flexibility index (Phi) is 5.34. The van der Waals surface area contributed by atoms with Crippen molar-refractivity contribution in [3.63, 3.8) is 0 Å². The first-order valence-electron chi connectivity index (χ1n) is 7.86. The summed E-state index contributed by atoms with van der Waals surface area (Å²) in [7, 11) is 0. The number of aromatic amines is 1. The van der Waals surface area contributed by atoms with E-state index in [0.717, 1.165) is 22.9 Å². The van der Waals surface area contributed by atoms with E-state index in [4.69, 9.17) is 16.3 Å². The summed E-state index contributed by atoms with van der Waals surface area (Å²) in [6.45, 7) is 0.500. The van der Waals surface area contributed by atoms with Crippen LogP contribution >= 0.6 is 11.6 Å². The van der Waals surface area contributed by atoms with E-state index in [1.165, 1.54) is 0 Å². The molecule has 3 aromatic rings. The molecule has 1 heterocycles. The molecule has 4 heteroatoms. The van der Waals surface area contributed by atoms with E-state index in [2.05, 4.69) is 4.98 Å². The number of fused-ring (bicyclic) bond motifs is 1. The van der Waals surface area contributed by atoms with Crippen LogP contribution < -0.4 is 4.74 Å². The molecule has 3 rings (SSSR count). The highest BCUT2D eigenvalue weighted by atomic mass is 35.5. The molecule has 0 fully saturated rings. The zero-order valence-corrected chi connectivity index (χ0v) is 13.9. The predicted octanol–water partition coefficient (Wildman–Crippen LogP) is 5.07. The van der Waals surface area contributed by atoms with Gasteiger partial charge in [0.2, 0.25) is 0 Å². The molecule has 1 aromatic heterocycles. The molecule has 0 radical (unpaired) electrons. The third-order valence-corrected chi connectivity index (χ3v) is 4.00. The average molecular weight is 340 g/mol. The van der Waals surface area contributed by atoms with Crippen LogP contribution in [0.15, 0.2) is 60.8 Å². The fourth-order valence-corrected chi connectivity index (χ4v) is 2.65. The van der Waals surface area contributed by atoms with Gasteiger partial charge < -0.3 is 9.72 Å². The van der Waals surface area contributed by atoms with Crippen molar-refractivity contribution >= 4 is 34.4 Å². The van der Waals surface area contributed by atoms with Gasteiger partial charge in [0.25, 0.3) is 0 Å². The number of aromatic nitrogens is 1. The van der Waals surface area contributed by atoms with Crippen molar-refractivity contribution in [1.29, 1.82) is 0 Å². The molecule has 0 unspecified atom stereocenters. The van der Waals surface area contributed by atoms with E-state index >= 15 is 0 Å². The van der Waals surface area contributed by atoms with Crippen LogP contribution in [0, 0.1) is 0 Å². The Balaban J connectivity index is 1.81. The molecule has 0 atom stereocenters. The molecule has 0 aliphatic heterocycles. The van der Waals surface area contributed by atoms with Gasteiger partial charge in [0.1, 0.15) is 5.75 Å². The van der Waals surface area contributed by atoms with Gasteiger partial charge in [-0.3, -0.25) is 4.79 Å². The van der Waals surface area contributed by atoms with Crippen LogP contribution in [0.1, 0.15) is 22.3 Å². The number of alkyl halides is 1. The number of allylic oxidation sites excluding steroid dienone is 1. The van der Waals surface area contributed by atoms with Gasteiger partial charge in [0.15, 0.2) is 5.78 Å². The molecule has 2 aromatic carbocycles. The smallest absolute Gasteiger partial charge is 0.189 e. The van der Waals surface area contributed by atoms with E-state index in [1.807, 2.05) is 54.7 Å². The second-order valence-corrected chi connectivity index (χ2v) is 5.75. The van der Waals surface area contributed by atoms with Gasteiger partial charge in [-0.25, -0.2) is 0 Å². The van der Waals surface area contributed by atoms with Gasteiger partial charge >= 0.3 is 0 Å². The lowest BCUT2D eigenvalue weighted by Gasteiger charge is -2.08. The Morgan fingerprint density at radius 1 is 1.12 bits per heavy atom. The largest absolute Gasteiger partial charge is 0.493 e. The summed E-state index contributed by atoms with van der Waals surface area (Å²) < 4.78 is 5.66. The summed E-state index contributed by atoms with van der Waals surface area (Å²) in [5.41, 5.74) is 2.61. The molecule has 0 spiro atoms. The Bertz CT molecular complexity index is 867. The molecule has 0 aliphatic carbocycles. The minimum Gasteiger partial charge on any atom is -0.493 e. The number of halogens is 1. The minimum absolute atomic E-state index is 0.0796. The van der Waals surface area contributed by atoms with Gasteiger partial charge in [0.05, 0.1) is 12.2 Å². The van der Waals surface area contributed by atoms with Crippen molar-refractivity contribution in [3.05, 3.63) is 71.9 Å². The molecular formula is C20H18ClNO2. The summed E-state index contributed by atoms with van der Waals surface area (Å²) in [6, 6.07) is 15.2. The standard InChI is InChI=1S/C20H18ClNO2/c21-12-4-14-24-20-8-2-1-6-17(20)19(23)10-9-15-5-3-7-18-16(15)11-13-22-18/h1-3,5-11,13,22H,4,12,14H2. The number of carbonyl (C=O) groups excluding carboxylic acids is 1. The number of nitrogens with one attached hydrogen (secondary N) is 1. The Morgan fingerprint density at radius 3 is 2.88 bits per heavy atom. The quantitative estimate of drug-likeness (QED) is 0.282. The first kappa shape index (κ1) is 16.3. The number of H-pyrrole nitrogens is 1. The number of carbonyl (C=O) groups is 1. The summed E-state index contributed by atoms with van der Waals surface area (Å²) >= 11 is 5.67. The van der Waals surface area contributed by atoms with Crippen molar-refractivity contribution in [3.8, 4) is 5.75 Å². The highest BCUT2D eigenvalue weighted by molar-refractivity contribution is 6.17. The first-order valence-corrected chi connectivity index (χ1v) is 8.39. The Morgan fingerprint density at radius 2 is 2.00 bits per heavy atom. The minimum atomic E-state index is -0.0796. The van der Waals surface area contributed by atoms with Crippen LogP contribution in [-0.4, -0.2) is 23.3 Å². The van der Waals surface area contributed by atoms with Gasteiger partial charge in [-0.2, -0.15) is 0 Å². The lowest BCUT2D eigenvalue weighted by molar-refractivity contribution is 0.104. The van der Waals surface area contributed by atoms with Gasteiger partial charge in [-0.05, 0) is 42.3 Å². The maximum absolute atomic E-state index is 12.5. The molecule has 0 amide bonds. The van der Waals surface area contributed by atoms with Crippen LogP contribution in [0.5, 0.6) is 5.75 Å². The molecule has 0 aliphatic rings. The third-order valence-electron chi connectivity index (χ3n) is 3.73. The predicted molar refractivity (Wildman–Crippen MR) is 98.9 cm³/mol. The van der Waals surface area contributed by atoms with Gasteiger partial charge in [0, 0.05) is 23.0 Å². The van der Waals surface area contributed by atoms with Crippen LogP contribution in [-0.2, 0) is 0 Å². The van der Waals surface area contributed by atoms with Crippen LogP contribution in [0.2, 0.25) is 0 Å². The number of para-hydroxylation sites is 1. The van der Waals surface area contributed by atoms with Crippen molar-refractivity contribution in [2.45, 2.75) is 6.42 Å². The highest BCUT2D eigenvalue weighted by Gasteiger charge is 2.09. The third kappa shape index (κ3) is 3.69. The Hall–Kier alpha value is -2.52. The normalized spacial score (nSPS) is 11.2. The first-order chi connectivity index (χ1) is 11.8. The molecule has 0 bridgehead atoms. The maximum atomic E-state index is 12.5. The van der Waals surface area contributed by atoms with E-state index in [9.17, 15) is 4.79 Å². The number of ketones is 1. The van der Waals surface area contributed by atoms with Crippen LogP contribution in [0.3, 0.4) is 0 Å². The molecule has 122 valence electrons. The van der Waals surface area contributed by atoms with E-state index in [-0.39, 0.29) is 5.78 Å². The second kappa shape index (κ2) is 7.84. The van der Waals surface area contributed by atoms with E-state index in [0.29, 0.717) is 23.8 Å². The summed E-state index contributed by atoms with van der Waals surface area (Å²) in [4.78, 5) is 15.7. The highest BCUT2D eigenvalue weighted by Crippen LogP contribution is 2.22. The summed E-state index contributed by atoms with van der Waals surface area (Å²) in [5, 5.41) is 1.09. The summed E-state index contributed by atoms with van der Waals surface area (Å²) in [6.07, 6.45) is 6.07. The van der Waals surface area contributed by atoms with Crippen molar-refractivity contribution in [1.82, 2.24) is 4.98 Å². The molecule has 0 saturated carbocycles. The molecule has 0 saturated heterocycles. The second-order valence-electron chi connectivity index (χ2n) is 5.37. The maximum Gasteiger partial charge on any atom is 0.189 e. The van der Waals surface area contributed by atoms with E-state index < -0.39 is 0 Å². The van der Waals surface area contributed by atoms with Crippen LogP contribution in [0.4, 0.5) is 0 Å². The molecular weight excluding hydrogens is 322 g/mol. The molecule has 1 N–H and O–H groups in total. The summed E-state index contributed by atoms with van der Waals surface area (Å²) in [5.74, 6) is 1.05. The molecule has 3 nitrogen and oxygen atoms in total. The van der Waals surface area contributed by atoms with Gasteiger partial charge in [-0.15, -0.1) is 11.6 Å². The Labute approximate surface area is 145 Å². The number of benzene rings is 2. The van der Waals surface area contributed by atoms with E-state index in [1.54, 1.807) is 12.1 Å². The number of ether oxygens (including phenoxy) is 1. The number of rotatable bonds is 7. The SMILES string of the molecule is O=C(C=Cc1cccc2[nH]ccc12)c1ccccc1OCCCCl. The number of hydrogen-bond acceptors (Lipinski definition) is 2. The fraction of sp³-hybridized carbons (Fsp3) is 0.150. The zero-order valence-electron chi connectivity index (χ0n) is 13.2. The van der Waals surface area contributed by atoms with Crippen molar-refractivity contribution in [2.24, 2.45) is 0 Å². The van der Waals surface area contributed by atoms with Crippen LogP contribution in [0.25, 0.3) is 17.0 Å². The monoisotopic (exact) mass is 339 g/mol. The van der Waals surface area contributed by atoms with Crippen molar-refractivity contribution < 1.29 is 9.53 Å². The topological polar surface area (TPSA) is 42.1 Å². The molecule has 24 heavy (non-hydrogen) atoms. The zero-order chi connectivity index (χ0) is 16.8. The fourth-order valence-electron chi connectivity index (χ4n) is 2.54. The lowest BCUT2D eigenvalue weighted by Crippen LogP contribution is -2.03.